The molecule has 13 heavy (non-hydrogen) atoms. The molecule has 0 radical (unpaired) electrons. The van der Waals surface area contributed by atoms with Crippen LogP contribution in [0.2, 0.25) is 0 Å². The summed E-state index contributed by atoms with van der Waals surface area (Å²) < 4.78 is 5.49. The molecule has 0 aromatic carbocycles. The first-order valence-electron chi connectivity index (χ1n) is 5.49. The zero-order chi connectivity index (χ0) is 9.73. The van der Waals surface area contributed by atoms with Gasteiger partial charge >= 0.3 is 0 Å². The average molecular weight is 185 g/mol. The molecule has 0 amide bonds. The minimum Gasteiger partial charge on any atom is -0.381 e. The molecule has 0 N–H and O–H groups in total. The third kappa shape index (κ3) is 4.10. The lowest BCUT2D eigenvalue weighted by atomic mass is 10.2. The molecule has 2 nitrogen and oxygen atoms in total. The second kappa shape index (κ2) is 4.97. The van der Waals surface area contributed by atoms with Crippen LogP contribution in [0.4, 0.5) is 0 Å². The van der Waals surface area contributed by atoms with Gasteiger partial charge in [-0.25, -0.2) is 0 Å². The molecule has 0 saturated carbocycles. The molecule has 1 aliphatic heterocycles. The van der Waals surface area contributed by atoms with Crippen molar-refractivity contribution in [1.82, 2.24) is 4.90 Å². The molecule has 1 fully saturated rings. The summed E-state index contributed by atoms with van der Waals surface area (Å²) in [6, 6.07) is 0. The van der Waals surface area contributed by atoms with E-state index in [1.807, 2.05) is 0 Å². The summed E-state index contributed by atoms with van der Waals surface area (Å²) in [7, 11) is 0. The fourth-order valence-corrected chi connectivity index (χ4v) is 1.52. The van der Waals surface area contributed by atoms with Crippen LogP contribution in [0.15, 0.2) is 0 Å². The van der Waals surface area contributed by atoms with Crippen molar-refractivity contribution < 1.29 is 4.74 Å². The highest BCUT2D eigenvalue weighted by molar-refractivity contribution is 4.98. The van der Waals surface area contributed by atoms with E-state index >= 15 is 0 Å². The molecule has 0 aliphatic carbocycles. The van der Waals surface area contributed by atoms with Gasteiger partial charge in [-0.05, 0) is 26.7 Å². The van der Waals surface area contributed by atoms with E-state index in [0.29, 0.717) is 5.54 Å². The molecule has 0 bridgehead atoms. The summed E-state index contributed by atoms with van der Waals surface area (Å²) in [5.74, 6) is 0. The summed E-state index contributed by atoms with van der Waals surface area (Å²) in [6.07, 6.45) is 3.63. The van der Waals surface area contributed by atoms with Crippen LogP contribution in [0.5, 0.6) is 0 Å². The van der Waals surface area contributed by atoms with Gasteiger partial charge in [0.2, 0.25) is 0 Å². The lowest BCUT2D eigenvalue weighted by Gasteiger charge is -2.06. The second-order valence-electron chi connectivity index (χ2n) is 4.55. The Balaban J connectivity index is 1.80. The summed E-state index contributed by atoms with van der Waals surface area (Å²) in [4.78, 5) is 2.50. The first-order valence-corrected chi connectivity index (χ1v) is 5.49. The van der Waals surface area contributed by atoms with Gasteiger partial charge in [0, 0.05) is 31.8 Å². The Morgan fingerprint density at radius 3 is 2.38 bits per heavy atom. The second-order valence-corrected chi connectivity index (χ2v) is 4.55. The van der Waals surface area contributed by atoms with Gasteiger partial charge in [0.05, 0.1) is 0 Å². The van der Waals surface area contributed by atoms with Crippen LogP contribution >= 0.6 is 0 Å². The van der Waals surface area contributed by atoms with Gasteiger partial charge < -0.3 is 4.74 Å². The molecular formula is C11H23NO. The highest BCUT2D eigenvalue weighted by Crippen LogP contribution is 2.30. The Hall–Kier alpha value is -0.0800. The van der Waals surface area contributed by atoms with Gasteiger partial charge in [0.25, 0.3) is 0 Å². The smallest absolute Gasteiger partial charge is 0.0478 e. The normalized spacial score (nSPS) is 24.7. The standard InChI is InChI=1S/C11H23NO/c1-4-5-8-13-9-6-7-12-10-11(12,2)3/h4-10H2,1-3H3. The van der Waals surface area contributed by atoms with Gasteiger partial charge in [-0.2, -0.15) is 0 Å². The summed E-state index contributed by atoms with van der Waals surface area (Å²) in [5, 5.41) is 0. The highest BCUT2D eigenvalue weighted by atomic mass is 16.5. The van der Waals surface area contributed by atoms with Crippen LogP contribution in [0.1, 0.15) is 40.0 Å². The Kier molecular flexibility index (Phi) is 4.20. The molecule has 0 aromatic rings. The van der Waals surface area contributed by atoms with E-state index < -0.39 is 0 Å². The van der Waals surface area contributed by atoms with E-state index in [1.54, 1.807) is 0 Å². The van der Waals surface area contributed by atoms with Crippen LogP contribution in [-0.4, -0.2) is 36.7 Å². The van der Waals surface area contributed by atoms with Crippen LogP contribution in [0.3, 0.4) is 0 Å². The molecule has 2 heteroatoms. The first kappa shape index (κ1) is 11.0. The molecular weight excluding hydrogens is 162 g/mol. The van der Waals surface area contributed by atoms with Crippen LogP contribution in [0, 0.1) is 0 Å². The number of nitrogens with zero attached hydrogens (tertiary/aromatic N) is 1. The van der Waals surface area contributed by atoms with Gasteiger partial charge in [0.1, 0.15) is 0 Å². The molecule has 78 valence electrons. The highest BCUT2D eigenvalue weighted by Gasteiger charge is 2.41. The molecule has 1 saturated heterocycles. The number of hydrogen-bond donors (Lipinski definition) is 0. The van der Waals surface area contributed by atoms with E-state index in [9.17, 15) is 0 Å². The van der Waals surface area contributed by atoms with Crippen molar-refractivity contribution in [3.8, 4) is 0 Å². The lowest BCUT2D eigenvalue weighted by Crippen LogP contribution is -2.12. The van der Waals surface area contributed by atoms with Gasteiger partial charge in [-0.15, -0.1) is 0 Å². The van der Waals surface area contributed by atoms with Crippen molar-refractivity contribution >= 4 is 0 Å². The molecule has 0 spiro atoms. The molecule has 1 heterocycles. The Labute approximate surface area is 82.3 Å². The Morgan fingerprint density at radius 2 is 1.85 bits per heavy atom. The van der Waals surface area contributed by atoms with Crippen molar-refractivity contribution in [2.75, 3.05) is 26.3 Å². The quantitative estimate of drug-likeness (QED) is 0.445. The number of unbranched alkanes of at least 4 members (excludes halogenated alkanes) is 1. The molecule has 1 aliphatic rings. The Morgan fingerprint density at radius 1 is 1.23 bits per heavy atom. The van der Waals surface area contributed by atoms with E-state index in [2.05, 4.69) is 25.7 Å². The predicted molar refractivity (Wildman–Crippen MR) is 56.0 cm³/mol. The third-order valence-electron chi connectivity index (χ3n) is 2.69. The summed E-state index contributed by atoms with van der Waals surface area (Å²) in [5.41, 5.74) is 0.490. The van der Waals surface area contributed by atoms with Crippen molar-refractivity contribution in [1.29, 1.82) is 0 Å². The van der Waals surface area contributed by atoms with Crippen molar-refractivity contribution in [2.45, 2.75) is 45.6 Å². The molecule has 1 rings (SSSR count). The Bertz CT molecular complexity index is 145. The maximum atomic E-state index is 5.49. The minimum absolute atomic E-state index is 0.490. The zero-order valence-electron chi connectivity index (χ0n) is 9.31. The van der Waals surface area contributed by atoms with Crippen LogP contribution in [-0.2, 0) is 4.74 Å². The minimum atomic E-state index is 0.490. The monoisotopic (exact) mass is 185 g/mol. The van der Waals surface area contributed by atoms with Crippen LogP contribution < -0.4 is 0 Å². The van der Waals surface area contributed by atoms with E-state index in [0.717, 1.165) is 13.2 Å². The summed E-state index contributed by atoms with van der Waals surface area (Å²) in [6.45, 7) is 11.1. The predicted octanol–water partition coefficient (Wildman–Crippen LogP) is 2.29. The fourth-order valence-electron chi connectivity index (χ4n) is 1.52. The number of ether oxygens (including phenoxy) is 1. The molecule has 1 atom stereocenters. The fraction of sp³-hybridized carbons (Fsp3) is 1.00. The average Bonchev–Trinajstić information content (AvgIpc) is 2.67. The number of rotatable bonds is 7. The van der Waals surface area contributed by atoms with E-state index in [1.165, 1.54) is 32.4 Å². The number of hydrogen-bond acceptors (Lipinski definition) is 2. The van der Waals surface area contributed by atoms with Crippen molar-refractivity contribution in [2.24, 2.45) is 0 Å². The van der Waals surface area contributed by atoms with Gasteiger partial charge in [-0.1, -0.05) is 13.3 Å². The summed E-state index contributed by atoms with van der Waals surface area (Å²) >= 11 is 0. The SMILES string of the molecule is CCCCOCCCN1CC1(C)C. The van der Waals surface area contributed by atoms with Gasteiger partial charge in [0.15, 0.2) is 0 Å². The topological polar surface area (TPSA) is 12.2 Å². The third-order valence-corrected chi connectivity index (χ3v) is 2.69. The van der Waals surface area contributed by atoms with E-state index in [4.69, 9.17) is 4.74 Å². The maximum absolute atomic E-state index is 5.49. The molecule has 1 unspecified atom stereocenters. The van der Waals surface area contributed by atoms with Crippen molar-refractivity contribution in [3.05, 3.63) is 0 Å². The molecule has 0 aromatic heterocycles. The maximum Gasteiger partial charge on any atom is 0.0478 e. The van der Waals surface area contributed by atoms with E-state index in [-0.39, 0.29) is 0 Å². The van der Waals surface area contributed by atoms with Gasteiger partial charge in [-0.3, -0.25) is 4.90 Å². The van der Waals surface area contributed by atoms with Crippen molar-refractivity contribution in [3.63, 3.8) is 0 Å². The first-order chi connectivity index (χ1) is 6.17. The lowest BCUT2D eigenvalue weighted by molar-refractivity contribution is 0.125. The zero-order valence-corrected chi connectivity index (χ0v) is 9.31. The van der Waals surface area contributed by atoms with Crippen LogP contribution in [0.25, 0.3) is 0 Å². The largest absolute Gasteiger partial charge is 0.381 e.